The summed E-state index contributed by atoms with van der Waals surface area (Å²) >= 11 is 1.88. The first-order valence-corrected chi connectivity index (χ1v) is 13.9. The Morgan fingerprint density at radius 3 is 2.64 bits per heavy atom. The highest BCUT2D eigenvalue weighted by atomic mass is 32.2. The Kier molecular flexibility index (Phi) is 6.35. The van der Waals surface area contributed by atoms with E-state index in [-0.39, 0.29) is 17.6 Å². The first-order chi connectivity index (χ1) is 17.6. The van der Waals surface area contributed by atoms with E-state index in [0.29, 0.717) is 12.4 Å². The minimum atomic E-state index is 0.104. The molecule has 2 aliphatic carbocycles. The molecule has 3 N–H and O–H groups in total. The van der Waals surface area contributed by atoms with Crippen LogP contribution in [-0.4, -0.2) is 27.4 Å². The number of fused-ring (bicyclic) bond motifs is 2. The highest BCUT2D eigenvalue weighted by Gasteiger charge is 2.25. The first-order valence-electron chi connectivity index (χ1n) is 12.7. The lowest BCUT2D eigenvalue weighted by Gasteiger charge is -2.24. The standard InChI is InChI=1S/C28H29N5O2S/c34-25-9-2-6-18-14-21(10-11-22(18)25)31-28-32-24-12-13-36-16-23(24)26(33-28)29-19-7-3-8-20(15-19)30-27(35)17-4-1-5-17/h3,7-8,10-11,14-15,17H,1-2,4-6,9,12-13,16H2,(H,30,35)(H2,29,31,32,33). The van der Waals surface area contributed by atoms with Gasteiger partial charge in [0.25, 0.3) is 0 Å². The Morgan fingerprint density at radius 1 is 0.917 bits per heavy atom. The maximum atomic E-state index is 12.4. The van der Waals surface area contributed by atoms with Gasteiger partial charge in [-0.2, -0.15) is 16.7 Å². The molecule has 2 aromatic carbocycles. The van der Waals surface area contributed by atoms with Gasteiger partial charge >= 0.3 is 0 Å². The molecule has 1 fully saturated rings. The Balaban J connectivity index is 1.25. The van der Waals surface area contributed by atoms with E-state index < -0.39 is 0 Å². The van der Waals surface area contributed by atoms with Crippen LogP contribution in [0.15, 0.2) is 42.5 Å². The lowest BCUT2D eigenvalue weighted by molar-refractivity contribution is -0.122. The third-order valence-corrected chi connectivity index (χ3v) is 8.19. The minimum Gasteiger partial charge on any atom is -0.340 e. The second-order valence-corrected chi connectivity index (χ2v) is 10.8. The van der Waals surface area contributed by atoms with Crippen LogP contribution in [0.5, 0.6) is 0 Å². The summed E-state index contributed by atoms with van der Waals surface area (Å²) in [7, 11) is 0. The number of hydrogen-bond donors (Lipinski definition) is 3. The van der Waals surface area contributed by atoms with Gasteiger partial charge in [0.15, 0.2) is 5.78 Å². The van der Waals surface area contributed by atoms with E-state index in [9.17, 15) is 9.59 Å². The number of carbonyl (C=O) groups is 2. The number of nitrogens with zero attached hydrogens (tertiary/aromatic N) is 2. The molecular weight excluding hydrogens is 470 g/mol. The molecule has 1 amide bonds. The summed E-state index contributed by atoms with van der Waals surface area (Å²) in [5.74, 6) is 3.69. The predicted molar refractivity (Wildman–Crippen MR) is 145 cm³/mol. The molecule has 8 heteroatoms. The van der Waals surface area contributed by atoms with Crippen LogP contribution in [-0.2, 0) is 23.4 Å². The van der Waals surface area contributed by atoms with Crippen molar-refractivity contribution in [2.45, 2.75) is 50.7 Å². The highest BCUT2D eigenvalue weighted by molar-refractivity contribution is 7.98. The Bertz CT molecular complexity index is 1340. The first kappa shape index (κ1) is 23.0. The summed E-state index contributed by atoms with van der Waals surface area (Å²) in [6, 6.07) is 13.7. The van der Waals surface area contributed by atoms with E-state index >= 15 is 0 Å². The summed E-state index contributed by atoms with van der Waals surface area (Å²) < 4.78 is 0. The SMILES string of the molecule is O=C1CCCc2cc(Nc3nc4c(c(Nc5cccc(NC(=O)C6CCC6)c5)n3)CSCC4)ccc21. The van der Waals surface area contributed by atoms with E-state index in [2.05, 4.69) is 16.0 Å². The zero-order chi connectivity index (χ0) is 24.5. The molecular formula is C28H29N5O2S. The number of ketones is 1. The number of aromatic nitrogens is 2. The smallest absolute Gasteiger partial charge is 0.229 e. The van der Waals surface area contributed by atoms with Crippen molar-refractivity contribution in [3.05, 3.63) is 64.8 Å². The van der Waals surface area contributed by atoms with Crippen LogP contribution in [0.25, 0.3) is 0 Å². The summed E-state index contributed by atoms with van der Waals surface area (Å²) in [5.41, 5.74) is 6.65. The zero-order valence-electron chi connectivity index (χ0n) is 20.1. The number of benzene rings is 2. The summed E-state index contributed by atoms with van der Waals surface area (Å²) in [5, 5.41) is 9.91. The lowest BCUT2D eigenvalue weighted by Crippen LogP contribution is -2.28. The predicted octanol–water partition coefficient (Wildman–Crippen LogP) is 6.01. The monoisotopic (exact) mass is 499 g/mol. The molecule has 1 aromatic heterocycles. The van der Waals surface area contributed by atoms with Crippen LogP contribution < -0.4 is 16.0 Å². The maximum absolute atomic E-state index is 12.4. The van der Waals surface area contributed by atoms with Gasteiger partial charge in [-0.05, 0) is 79.8 Å². The summed E-state index contributed by atoms with van der Waals surface area (Å²) in [6.07, 6.45) is 6.43. The van der Waals surface area contributed by atoms with Gasteiger partial charge in [0, 0.05) is 46.3 Å². The Labute approximate surface area is 214 Å². The number of thioether (sulfide) groups is 1. The van der Waals surface area contributed by atoms with Crippen LogP contribution in [0.2, 0.25) is 0 Å². The normalized spacial score (nSPS) is 16.9. The Morgan fingerprint density at radius 2 is 1.78 bits per heavy atom. The molecule has 1 saturated carbocycles. The van der Waals surface area contributed by atoms with Gasteiger partial charge < -0.3 is 16.0 Å². The highest BCUT2D eigenvalue weighted by Crippen LogP contribution is 2.33. The molecule has 0 radical (unpaired) electrons. The molecule has 6 rings (SSSR count). The van der Waals surface area contributed by atoms with Gasteiger partial charge in [-0.1, -0.05) is 12.5 Å². The van der Waals surface area contributed by atoms with Crippen molar-refractivity contribution >= 4 is 52.3 Å². The van der Waals surface area contributed by atoms with Gasteiger partial charge in [0.2, 0.25) is 11.9 Å². The van der Waals surface area contributed by atoms with Crippen molar-refractivity contribution in [2.75, 3.05) is 21.7 Å². The van der Waals surface area contributed by atoms with Gasteiger partial charge in [0.1, 0.15) is 5.82 Å². The molecule has 3 aliphatic rings. The molecule has 7 nitrogen and oxygen atoms in total. The second kappa shape index (κ2) is 9.93. The van der Waals surface area contributed by atoms with Crippen molar-refractivity contribution in [3.63, 3.8) is 0 Å². The minimum absolute atomic E-state index is 0.104. The van der Waals surface area contributed by atoms with E-state index in [1.807, 2.05) is 54.2 Å². The molecule has 0 unspecified atom stereocenters. The van der Waals surface area contributed by atoms with E-state index in [1.165, 1.54) is 0 Å². The van der Waals surface area contributed by atoms with Crippen molar-refractivity contribution in [3.8, 4) is 0 Å². The number of Topliss-reactive ketones (excluding diaryl/α,β-unsaturated/α-hetero) is 1. The zero-order valence-corrected chi connectivity index (χ0v) is 20.9. The van der Waals surface area contributed by atoms with Crippen LogP contribution >= 0.6 is 11.8 Å². The fourth-order valence-corrected chi connectivity index (χ4v) is 5.96. The van der Waals surface area contributed by atoms with Crippen LogP contribution in [0.1, 0.15) is 59.3 Å². The van der Waals surface area contributed by atoms with E-state index in [1.54, 1.807) is 0 Å². The molecule has 36 heavy (non-hydrogen) atoms. The largest absolute Gasteiger partial charge is 0.340 e. The lowest BCUT2D eigenvalue weighted by atomic mass is 9.85. The van der Waals surface area contributed by atoms with Crippen molar-refractivity contribution in [2.24, 2.45) is 5.92 Å². The number of amides is 1. The Hall–Kier alpha value is -3.39. The van der Waals surface area contributed by atoms with E-state index in [4.69, 9.17) is 9.97 Å². The van der Waals surface area contributed by atoms with Gasteiger partial charge in [-0.15, -0.1) is 0 Å². The van der Waals surface area contributed by atoms with Crippen LogP contribution in [0, 0.1) is 5.92 Å². The average Bonchev–Trinajstić information content (AvgIpc) is 2.83. The summed E-state index contributed by atoms with van der Waals surface area (Å²) in [4.78, 5) is 34.3. The second-order valence-electron chi connectivity index (χ2n) is 9.72. The number of hydrogen-bond acceptors (Lipinski definition) is 7. The quantitative estimate of drug-likeness (QED) is 0.382. The van der Waals surface area contributed by atoms with E-state index in [0.717, 1.165) is 95.3 Å². The number of carbonyl (C=O) groups excluding carboxylic acids is 2. The molecule has 0 saturated heterocycles. The topological polar surface area (TPSA) is 96.0 Å². The average molecular weight is 500 g/mol. The van der Waals surface area contributed by atoms with Crippen molar-refractivity contribution < 1.29 is 9.59 Å². The maximum Gasteiger partial charge on any atom is 0.229 e. The van der Waals surface area contributed by atoms with Crippen LogP contribution in [0.3, 0.4) is 0 Å². The number of rotatable bonds is 6. The molecule has 184 valence electrons. The molecule has 0 atom stereocenters. The van der Waals surface area contributed by atoms with Crippen molar-refractivity contribution in [1.82, 2.24) is 9.97 Å². The molecule has 0 bridgehead atoms. The molecule has 0 spiro atoms. The van der Waals surface area contributed by atoms with Gasteiger partial charge in [-0.25, -0.2) is 4.98 Å². The third kappa shape index (κ3) is 4.82. The molecule has 2 heterocycles. The number of aryl methyl sites for hydroxylation is 2. The molecule has 3 aromatic rings. The number of anilines is 5. The van der Waals surface area contributed by atoms with Gasteiger partial charge in [-0.3, -0.25) is 9.59 Å². The number of nitrogens with one attached hydrogen (secondary N) is 3. The van der Waals surface area contributed by atoms with Gasteiger partial charge in [0.05, 0.1) is 5.69 Å². The van der Waals surface area contributed by atoms with Crippen molar-refractivity contribution in [1.29, 1.82) is 0 Å². The fraction of sp³-hybridized carbons (Fsp3) is 0.357. The molecule has 1 aliphatic heterocycles. The fourth-order valence-electron chi connectivity index (χ4n) is 4.97. The third-order valence-electron chi connectivity index (χ3n) is 7.20. The van der Waals surface area contributed by atoms with Crippen LogP contribution in [0.4, 0.5) is 28.8 Å². The summed E-state index contributed by atoms with van der Waals surface area (Å²) in [6.45, 7) is 0.